The van der Waals surface area contributed by atoms with Crippen LogP contribution in [-0.4, -0.2) is 48.4 Å². The van der Waals surface area contributed by atoms with Crippen LogP contribution in [0, 0.1) is 5.92 Å². The number of hydrogen-bond acceptors (Lipinski definition) is 4. The van der Waals surface area contributed by atoms with Crippen molar-refractivity contribution >= 4 is 33.7 Å². The normalized spacial score (nSPS) is 18.1. The minimum Gasteiger partial charge on any atom is -0.481 e. The molecular formula is C23H24N2O3. The zero-order chi connectivity index (χ0) is 19.3. The lowest BCUT2D eigenvalue weighted by Gasteiger charge is -2.29. The molecule has 1 aliphatic heterocycles. The summed E-state index contributed by atoms with van der Waals surface area (Å²) in [5.74, 6) is -0.965. The molecule has 1 saturated heterocycles. The average Bonchev–Trinajstić information content (AvgIpc) is 2.73. The fraction of sp³-hybridized carbons (Fsp3) is 0.304. The van der Waals surface area contributed by atoms with Crippen LogP contribution in [0.25, 0.3) is 21.5 Å². The van der Waals surface area contributed by atoms with E-state index in [-0.39, 0.29) is 5.92 Å². The molecule has 3 aromatic rings. The number of fused-ring (bicyclic) bond motifs is 3. The molecule has 0 bridgehead atoms. The van der Waals surface area contributed by atoms with Gasteiger partial charge in [-0.15, -0.1) is 0 Å². The second-order valence-electron chi connectivity index (χ2n) is 7.28. The Bertz CT molecular complexity index is 1020. The highest BCUT2D eigenvalue weighted by Crippen LogP contribution is 2.27. The van der Waals surface area contributed by atoms with Crippen molar-refractivity contribution < 1.29 is 14.7 Å². The third-order valence-corrected chi connectivity index (χ3v) is 5.42. The van der Waals surface area contributed by atoms with Gasteiger partial charge in [0, 0.05) is 18.7 Å². The molecule has 0 aliphatic carbocycles. The zero-order valence-electron chi connectivity index (χ0n) is 15.8. The molecule has 1 atom stereocenters. The Morgan fingerprint density at radius 3 is 2.71 bits per heavy atom. The van der Waals surface area contributed by atoms with Gasteiger partial charge in [-0.1, -0.05) is 53.7 Å². The first-order valence-electron chi connectivity index (χ1n) is 9.73. The minimum atomic E-state index is -0.702. The van der Waals surface area contributed by atoms with E-state index in [1.165, 1.54) is 16.2 Å². The first-order chi connectivity index (χ1) is 13.7. The predicted molar refractivity (Wildman–Crippen MR) is 112 cm³/mol. The average molecular weight is 376 g/mol. The summed E-state index contributed by atoms with van der Waals surface area (Å²) in [6.45, 7) is 2.66. The smallest absolute Gasteiger partial charge is 0.307 e. The third kappa shape index (κ3) is 3.99. The minimum absolute atomic E-state index is 0.263. The van der Waals surface area contributed by atoms with E-state index in [1.54, 1.807) is 6.21 Å². The third-order valence-electron chi connectivity index (χ3n) is 5.42. The van der Waals surface area contributed by atoms with Crippen molar-refractivity contribution in [3.05, 3.63) is 60.2 Å². The Hall–Kier alpha value is -2.92. The lowest BCUT2D eigenvalue weighted by atomic mass is 9.98. The van der Waals surface area contributed by atoms with Crippen molar-refractivity contribution in [2.24, 2.45) is 11.1 Å². The summed E-state index contributed by atoms with van der Waals surface area (Å²) in [6.07, 6.45) is 3.45. The number of carboxylic acid groups (broad SMARTS) is 1. The van der Waals surface area contributed by atoms with Crippen LogP contribution in [0.4, 0.5) is 0 Å². The van der Waals surface area contributed by atoms with E-state index in [9.17, 15) is 9.90 Å². The highest BCUT2D eigenvalue weighted by Gasteiger charge is 2.24. The molecular weight excluding hydrogens is 352 g/mol. The predicted octanol–water partition coefficient (Wildman–Crippen LogP) is 4.14. The van der Waals surface area contributed by atoms with E-state index in [2.05, 4.69) is 52.5 Å². The number of rotatable bonds is 6. The molecule has 144 valence electrons. The summed E-state index contributed by atoms with van der Waals surface area (Å²) in [5.41, 5.74) is 1.03. The first kappa shape index (κ1) is 18.4. The van der Waals surface area contributed by atoms with E-state index >= 15 is 0 Å². The summed E-state index contributed by atoms with van der Waals surface area (Å²) in [5, 5.41) is 18.1. The largest absolute Gasteiger partial charge is 0.481 e. The lowest BCUT2D eigenvalue weighted by Crippen LogP contribution is -2.40. The number of benzene rings is 3. The SMILES string of the molecule is O=C(O)C1CCCN(CCO/N=C/c2cc3ccccc3c3ccccc23)C1. The number of piperidine rings is 1. The molecule has 1 aliphatic rings. The Labute approximate surface area is 164 Å². The maximum Gasteiger partial charge on any atom is 0.307 e. The molecule has 0 amide bonds. The fourth-order valence-electron chi connectivity index (χ4n) is 3.97. The number of hydrogen-bond donors (Lipinski definition) is 1. The molecule has 1 fully saturated rings. The summed E-state index contributed by atoms with van der Waals surface area (Å²) in [4.78, 5) is 18.8. The van der Waals surface area contributed by atoms with Gasteiger partial charge in [-0.25, -0.2) is 0 Å². The summed E-state index contributed by atoms with van der Waals surface area (Å²) in [6, 6.07) is 18.8. The molecule has 1 heterocycles. The van der Waals surface area contributed by atoms with Crippen LogP contribution in [0.15, 0.2) is 59.8 Å². The molecule has 0 spiro atoms. The number of likely N-dealkylation sites (tertiary alicyclic amines) is 1. The Morgan fingerprint density at radius 1 is 1.14 bits per heavy atom. The number of aliphatic carboxylic acids is 1. The van der Waals surface area contributed by atoms with Crippen LogP contribution in [0.3, 0.4) is 0 Å². The van der Waals surface area contributed by atoms with Crippen molar-refractivity contribution in [1.29, 1.82) is 0 Å². The molecule has 0 saturated carbocycles. The second kappa shape index (κ2) is 8.40. The molecule has 5 heteroatoms. The zero-order valence-corrected chi connectivity index (χ0v) is 15.8. The molecule has 28 heavy (non-hydrogen) atoms. The van der Waals surface area contributed by atoms with E-state index < -0.39 is 5.97 Å². The molecule has 0 aromatic heterocycles. The van der Waals surface area contributed by atoms with Crippen LogP contribution in [0.1, 0.15) is 18.4 Å². The quantitative estimate of drug-likeness (QED) is 0.304. The Morgan fingerprint density at radius 2 is 1.89 bits per heavy atom. The number of carboxylic acids is 1. The monoisotopic (exact) mass is 376 g/mol. The molecule has 3 aromatic carbocycles. The molecule has 5 nitrogen and oxygen atoms in total. The van der Waals surface area contributed by atoms with Crippen molar-refractivity contribution in [2.75, 3.05) is 26.2 Å². The van der Waals surface area contributed by atoms with Gasteiger partial charge in [0.15, 0.2) is 0 Å². The Balaban J connectivity index is 1.42. The van der Waals surface area contributed by atoms with Crippen LogP contribution in [0.2, 0.25) is 0 Å². The molecule has 1 N–H and O–H groups in total. The molecule has 1 unspecified atom stereocenters. The van der Waals surface area contributed by atoms with Gasteiger partial charge in [-0.05, 0) is 47.0 Å². The van der Waals surface area contributed by atoms with Crippen LogP contribution in [0.5, 0.6) is 0 Å². The van der Waals surface area contributed by atoms with Crippen LogP contribution >= 0.6 is 0 Å². The highest BCUT2D eigenvalue weighted by atomic mass is 16.6. The van der Waals surface area contributed by atoms with Gasteiger partial charge in [0.2, 0.25) is 0 Å². The van der Waals surface area contributed by atoms with Gasteiger partial charge in [-0.2, -0.15) is 0 Å². The van der Waals surface area contributed by atoms with E-state index in [4.69, 9.17) is 4.84 Å². The lowest BCUT2D eigenvalue weighted by molar-refractivity contribution is -0.143. The summed E-state index contributed by atoms with van der Waals surface area (Å²) < 4.78 is 0. The summed E-state index contributed by atoms with van der Waals surface area (Å²) >= 11 is 0. The molecule has 4 rings (SSSR count). The van der Waals surface area contributed by atoms with Gasteiger partial charge >= 0.3 is 5.97 Å². The second-order valence-corrected chi connectivity index (χ2v) is 7.28. The van der Waals surface area contributed by atoms with E-state index in [0.29, 0.717) is 19.7 Å². The number of nitrogens with zero attached hydrogens (tertiary/aromatic N) is 2. The number of oxime groups is 1. The maximum atomic E-state index is 11.2. The van der Waals surface area contributed by atoms with Crippen LogP contribution in [-0.2, 0) is 9.63 Å². The van der Waals surface area contributed by atoms with Gasteiger partial charge in [0.05, 0.1) is 12.1 Å². The van der Waals surface area contributed by atoms with Gasteiger partial charge < -0.3 is 9.94 Å². The van der Waals surface area contributed by atoms with Crippen molar-refractivity contribution in [3.63, 3.8) is 0 Å². The topological polar surface area (TPSA) is 62.1 Å². The van der Waals surface area contributed by atoms with Gasteiger partial charge in [-0.3, -0.25) is 9.69 Å². The molecule has 0 radical (unpaired) electrons. The first-order valence-corrected chi connectivity index (χ1v) is 9.73. The summed E-state index contributed by atoms with van der Waals surface area (Å²) in [7, 11) is 0. The Kier molecular flexibility index (Phi) is 5.53. The van der Waals surface area contributed by atoms with E-state index in [0.717, 1.165) is 30.3 Å². The van der Waals surface area contributed by atoms with Crippen LogP contribution < -0.4 is 0 Å². The van der Waals surface area contributed by atoms with Crippen molar-refractivity contribution in [3.8, 4) is 0 Å². The fourth-order valence-corrected chi connectivity index (χ4v) is 3.97. The number of carbonyl (C=O) groups is 1. The van der Waals surface area contributed by atoms with Gasteiger partial charge in [0.1, 0.15) is 6.61 Å². The van der Waals surface area contributed by atoms with Crippen molar-refractivity contribution in [1.82, 2.24) is 4.90 Å². The highest BCUT2D eigenvalue weighted by molar-refractivity contribution is 6.13. The van der Waals surface area contributed by atoms with Crippen molar-refractivity contribution in [2.45, 2.75) is 12.8 Å². The standard InChI is InChI=1S/C23H24N2O3/c26-23(27)18-7-5-11-25(16-18)12-13-28-24-15-19-14-17-6-1-2-8-20(17)22-10-4-3-9-21(19)22/h1-4,6,8-10,14-15,18H,5,7,11-13,16H2,(H,26,27)/b24-15+. The maximum absolute atomic E-state index is 11.2. The van der Waals surface area contributed by atoms with Gasteiger partial charge in [0.25, 0.3) is 0 Å². The van der Waals surface area contributed by atoms with E-state index in [1.807, 2.05) is 12.1 Å².